The number of carbonyl (C=O) groups excluding carboxylic acids is 2. The number of benzene rings is 2. The van der Waals surface area contributed by atoms with Crippen LogP contribution in [0.25, 0.3) is 0 Å². The highest BCUT2D eigenvalue weighted by molar-refractivity contribution is 6.31. The van der Waals surface area contributed by atoms with E-state index in [0.717, 1.165) is 5.69 Å². The Labute approximate surface area is 152 Å². The zero-order valence-electron chi connectivity index (χ0n) is 14.3. The smallest absolute Gasteiger partial charge is 0.236 e. The Kier molecular flexibility index (Phi) is 6.56. The highest BCUT2D eigenvalue weighted by Crippen LogP contribution is 2.27. The molecule has 0 aliphatic carbocycles. The standard InChI is InChI=1S/C19H21ClN2O3/c1-3-22(14-8-5-4-6-9-14)19(25)12-18(24)21(2)17-11-7-10-16(20)15(17)13-23/h4-11,23H,3,12-13H2,1-2H3. The summed E-state index contributed by atoms with van der Waals surface area (Å²) in [4.78, 5) is 28.0. The number of carbonyl (C=O) groups is 2. The lowest BCUT2D eigenvalue weighted by Gasteiger charge is -2.24. The summed E-state index contributed by atoms with van der Waals surface area (Å²) in [5.41, 5.74) is 1.71. The zero-order valence-corrected chi connectivity index (χ0v) is 15.0. The van der Waals surface area contributed by atoms with Gasteiger partial charge in [-0.15, -0.1) is 0 Å². The molecule has 0 aliphatic heterocycles. The lowest BCUT2D eigenvalue weighted by atomic mass is 10.1. The molecule has 2 aromatic rings. The molecule has 0 aliphatic rings. The SMILES string of the molecule is CCN(C(=O)CC(=O)N(C)c1cccc(Cl)c1CO)c1ccccc1. The second kappa shape index (κ2) is 8.65. The largest absolute Gasteiger partial charge is 0.392 e. The van der Waals surface area contributed by atoms with E-state index in [2.05, 4.69) is 0 Å². The van der Waals surface area contributed by atoms with E-state index >= 15 is 0 Å². The maximum Gasteiger partial charge on any atom is 0.236 e. The van der Waals surface area contributed by atoms with Gasteiger partial charge in [-0.2, -0.15) is 0 Å². The second-order valence-electron chi connectivity index (χ2n) is 5.50. The van der Waals surface area contributed by atoms with Gasteiger partial charge in [0.2, 0.25) is 11.8 Å². The molecule has 2 rings (SSSR count). The summed E-state index contributed by atoms with van der Waals surface area (Å²) in [5, 5.41) is 9.87. The number of nitrogens with zero attached hydrogens (tertiary/aromatic N) is 2. The number of hydrogen-bond donors (Lipinski definition) is 1. The van der Waals surface area contributed by atoms with E-state index in [9.17, 15) is 14.7 Å². The number of aliphatic hydroxyl groups excluding tert-OH is 1. The van der Waals surface area contributed by atoms with Crippen LogP contribution in [0, 0.1) is 0 Å². The molecule has 5 nitrogen and oxygen atoms in total. The van der Waals surface area contributed by atoms with Crippen molar-refractivity contribution in [2.45, 2.75) is 20.0 Å². The van der Waals surface area contributed by atoms with Gasteiger partial charge in [-0.05, 0) is 31.2 Å². The average Bonchev–Trinajstić information content (AvgIpc) is 2.62. The predicted molar refractivity (Wildman–Crippen MR) is 99.9 cm³/mol. The Morgan fingerprint density at radius 2 is 1.72 bits per heavy atom. The van der Waals surface area contributed by atoms with Gasteiger partial charge in [0.15, 0.2) is 0 Å². The number of rotatable bonds is 6. The quantitative estimate of drug-likeness (QED) is 0.804. The minimum atomic E-state index is -0.364. The van der Waals surface area contributed by atoms with E-state index in [4.69, 9.17) is 11.6 Å². The molecular formula is C19H21ClN2O3. The summed E-state index contributed by atoms with van der Waals surface area (Å²) in [6.07, 6.45) is -0.267. The van der Waals surface area contributed by atoms with E-state index in [-0.39, 0.29) is 24.8 Å². The average molecular weight is 361 g/mol. The molecular weight excluding hydrogens is 340 g/mol. The number of aliphatic hydroxyl groups is 1. The lowest BCUT2D eigenvalue weighted by molar-refractivity contribution is -0.126. The van der Waals surface area contributed by atoms with Crippen LogP contribution in [-0.2, 0) is 16.2 Å². The Morgan fingerprint density at radius 1 is 1.04 bits per heavy atom. The summed E-state index contributed by atoms with van der Waals surface area (Å²) >= 11 is 6.06. The van der Waals surface area contributed by atoms with E-state index in [1.54, 1.807) is 30.1 Å². The van der Waals surface area contributed by atoms with Crippen molar-refractivity contribution >= 4 is 34.8 Å². The first-order valence-electron chi connectivity index (χ1n) is 7.99. The van der Waals surface area contributed by atoms with Crippen molar-refractivity contribution in [2.24, 2.45) is 0 Å². The van der Waals surface area contributed by atoms with E-state index < -0.39 is 0 Å². The monoisotopic (exact) mass is 360 g/mol. The van der Waals surface area contributed by atoms with Crippen LogP contribution in [0.3, 0.4) is 0 Å². The van der Waals surface area contributed by atoms with Gasteiger partial charge in [0.05, 0.1) is 12.3 Å². The molecule has 2 amide bonds. The molecule has 25 heavy (non-hydrogen) atoms. The minimum absolute atomic E-state index is 0.267. The normalized spacial score (nSPS) is 10.4. The molecule has 0 aromatic heterocycles. The molecule has 0 heterocycles. The van der Waals surface area contributed by atoms with E-state index in [0.29, 0.717) is 22.8 Å². The minimum Gasteiger partial charge on any atom is -0.392 e. The Balaban J connectivity index is 2.16. The fourth-order valence-corrected chi connectivity index (χ4v) is 2.84. The van der Waals surface area contributed by atoms with Crippen LogP contribution < -0.4 is 9.80 Å². The Bertz CT molecular complexity index is 750. The first kappa shape index (κ1) is 19.0. The topological polar surface area (TPSA) is 60.9 Å². The highest BCUT2D eigenvalue weighted by atomic mass is 35.5. The summed E-state index contributed by atoms with van der Waals surface area (Å²) < 4.78 is 0. The number of amides is 2. The van der Waals surface area contributed by atoms with Crippen LogP contribution in [0.5, 0.6) is 0 Å². The highest BCUT2D eigenvalue weighted by Gasteiger charge is 2.22. The molecule has 0 radical (unpaired) electrons. The van der Waals surface area contributed by atoms with Gasteiger partial charge in [0, 0.05) is 29.9 Å². The molecule has 0 saturated heterocycles. The van der Waals surface area contributed by atoms with Crippen molar-refractivity contribution in [3.63, 3.8) is 0 Å². The van der Waals surface area contributed by atoms with Crippen LogP contribution in [0.2, 0.25) is 5.02 Å². The maximum atomic E-state index is 12.5. The molecule has 6 heteroatoms. The van der Waals surface area contributed by atoms with Crippen LogP contribution in [0.15, 0.2) is 48.5 Å². The van der Waals surface area contributed by atoms with E-state index in [1.165, 1.54) is 4.90 Å². The molecule has 0 unspecified atom stereocenters. The van der Waals surface area contributed by atoms with Crippen molar-refractivity contribution in [3.8, 4) is 0 Å². The van der Waals surface area contributed by atoms with Gasteiger partial charge in [0.25, 0.3) is 0 Å². The first-order chi connectivity index (χ1) is 12.0. The number of halogens is 1. The molecule has 0 bridgehead atoms. The fraction of sp³-hybridized carbons (Fsp3) is 0.263. The summed E-state index contributed by atoms with van der Waals surface area (Å²) in [7, 11) is 1.57. The number of para-hydroxylation sites is 1. The third-order valence-electron chi connectivity index (χ3n) is 3.98. The van der Waals surface area contributed by atoms with Gasteiger partial charge in [-0.25, -0.2) is 0 Å². The van der Waals surface area contributed by atoms with Gasteiger partial charge in [0.1, 0.15) is 6.42 Å². The van der Waals surface area contributed by atoms with Crippen LogP contribution in [0.4, 0.5) is 11.4 Å². The Morgan fingerprint density at radius 3 is 2.32 bits per heavy atom. The molecule has 2 aromatic carbocycles. The molecule has 132 valence electrons. The third-order valence-corrected chi connectivity index (χ3v) is 4.33. The van der Waals surface area contributed by atoms with E-state index in [1.807, 2.05) is 37.3 Å². The van der Waals surface area contributed by atoms with Gasteiger partial charge < -0.3 is 14.9 Å². The van der Waals surface area contributed by atoms with Crippen LogP contribution in [0.1, 0.15) is 18.9 Å². The summed E-state index contributed by atoms with van der Waals surface area (Å²) in [6, 6.07) is 14.3. The second-order valence-corrected chi connectivity index (χ2v) is 5.91. The molecule has 1 N–H and O–H groups in total. The molecule has 0 atom stereocenters. The summed E-state index contributed by atoms with van der Waals surface area (Å²) in [5.74, 6) is -0.644. The zero-order chi connectivity index (χ0) is 18.4. The number of hydrogen-bond acceptors (Lipinski definition) is 3. The molecule has 0 fully saturated rings. The van der Waals surface area contributed by atoms with Gasteiger partial charge >= 0.3 is 0 Å². The van der Waals surface area contributed by atoms with Crippen LogP contribution >= 0.6 is 11.6 Å². The lowest BCUT2D eigenvalue weighted by Crippen LogP contribution is -2.36. The van der Waals surface area contributed by atoms with Gasteiger partial charge in [-0.3, -0.25) is 9.59 Å². The van der Waals surface area contributed by atoms with Crippen molar-refractivity contribution < 1.29 is 14.7 Å². The van der Waals surface area contributed by atoms with Crippen molar-refractivity contribution in [1.82, 2.24) is 0 Å². The fourth-order valence-electron chi connectivity index (χ4n) is 2.61. The molecule has 0 spiro atoms. The van der Waals surface area contributed by atoms with Crippen LogP contribution in [-0.4, -0.2) is 30.5 Å². The van der Waals surface area contributed by atoms with Crippen molar-refractivity contribution in [1.29, 1.82) is 0 Å². The Hall–Kier alpha value is -2.37. The third kappa shape index (κ3) is 4.38. The summed E-state index contributed by atoms with van der Waals surface area (Å²) in [6.45, 7) is 2.05. The number of anilines is 2. The van der Waals surface area contributed by atoms with Crippen molar-refractivity contribution in [2.75, 3.05) is 23.4 Å². The first-order valence-corrected chi connectivity index (χ1v) is 8.37. The molecule has 0 saturated carbocycles. The van der Waals surface area contributed by atoms with Crippen molar-refractivity contribution in [3.05, 3.63) is 59.1 Å². The van der Waals surface area contributed by atoms with Gasteiger partial charge in [-0.1, -0.05) is 35.9 Å². The maximum absolute atomic E-state index is 12.5. The predicted octanol–water partition coefficient (Wildman–Crippen LogP) is 3.24.